The van der Waals surface area contributed by atoms with Crippen LogP contribution in [0.2, 0.25) is 5.02 Å². The highest BCUT2D eigenvalue weighted by molar-refractivity contribution is 8.27. The minimum atomic E-state index is -4.49. The summed E-state index contributed by atoms with van der Waals surface area (Å²) in [5.41, 5.74) is -0.0401. The topological polar surface area (TPSA) is 20.3 Å². The summed E-state index contributed by atoms with van der Waals surface area (Å²) in [4.78, 5) is 14.0. The van der Waals surface area contributed by atoms with Crippen molar-refractivity contribution in [2.75, 3.05) is 4.90 Å². The zero-order chi connectivity index (χ0) is 18.2. The number of hydrogen-bond acceptors (Lipinski definition) is 3. The van der Waals surface area contributed by atoms with Crippen LogP contribution in [0.4, 0.5) is 18.9 Å². The Labute approximate surface area is 156 Å². The molecule has 2 aromatic rings. The summed E-state index contributed by atoms with van der Waals surface area (Å²) in [6, 6.07) is 11.4. The number of thioether (sulfide) groups is 1. The van der Waals surface area contributed by atoms with Gasteiger partial charge in [0.1, 0.15) is 0 Å². The molecule has 0 spiro atoms. The summed E-state index contributed by atoms with van der Waals surface area (Å²) in [6.07, 6.45) is -2.88. The van der Waals surface area contributed by atoms with Crippen molar-refractivity contribution >= 4 is 57.6 Å². The SMILES string of the molecule is O=C1C(=Cc2cccc(Cl)c2)SC(=S)N1c1cccc(C(F)(F)F)c1. The Hall–Kier alpha value is -1.83. The first kappa shape index (κ1) is 18.0. The number of carbonyl (C=O) groups excluding carboxylic acids is 1. The number of benzene rings is 2. The van der Waals surface area contributed by atoms with E-state index in [2.05, 4.69) is 0 Å². The molecule has 0 saturated carbocycles. The number of rotatable bonds is 2. The molecule has 0 N–H and O–H groups in total. The first-order valence-corrected chi connectivity index (χ1v) is 8.57. The molecule has 0 aromatic heterocycles. The van der Waals surface area contributed by atoms with Crippen LogP contribution in [0.25, 0.3) is 6.08 Å². The molecule has 3 rings (SSSR count). The second-order valence-electron chi connectivity index (χ2n) is 5.12. The molecule has 1 fully saturated rings. The second kappa shape index (κ2) is 6.82. The van der Waals surface area contributed by atoms with Gasteiger partial charge in [-0.25, -0.2) is 0 Å². The molecule has 128 valence electrons. The van der Waals surface area contributed by atoms with Crippen LogP contribution >= 0.6 is 35.6 Å². The fourth-order valence-electron chi connectivity index (χ4n) is 2.26. The Morgan fingerprint density at radius 1 is 1.12 bits per heavy atom. The average Bonchev–Trinajstić information content (AvgIpc) is 2.81. The lowest BCUT2D eigenvalue weighted by atomic mass is 10.1. The monoisotopic (exact) mass is 399 g/mol. The standard InChI is InChI=1S/C17H9ClF3NOS2/c18-12-5-1-3-10(7-12)8-14-15(23)22(16(24)25-14)13-6-2-4-11(9-13)17(19,20)21/h1-9H. The summed E-state index contributed by atoms with van der Waals surface area (Å²) in [5, 5.41) is 0.516. The highest BCUT2D eigenvalue weighted by atomic mass is 35.5. The summed E-state index contributed by atoms with van der Waals surface area (Å²) < 4.78 is 38.8. The zero-order valence-electron chi connectivity index (χ0n) is 12.4. The van der Waals surface area contributed by atoms with Crippen molar-refractivity contribution < 1.29 is 18.0 Å². The third-order valence-corrected chi connectivity index (χ3v) is 4.91. The molecule has 0 bridgehead atoms. The van der Waals surface area contributed by atoms with E-state index in [4.69, 9.17) is 23.8 Å². The Bertz CT molecular complexity index is 895. The number of anilines is 1. The first-order chi connectivity index (χ1) is 11.8. The number of alkyl halides is 3. The van der Waals surface area contributed by atoms with Gasteiger partial charge in [-0.05, 0) is 42.0 Å². The van der Waals surface area contributed by atoms with E-state index in [-0.39, 0.29) is 10.0 Å². The molecule has 1 aliphatic heterocycles. The minimum absolute atomic E-state index is 0.0896. The maximum Gasteiger partial charge on any atom is 0.416 e. The molecule has 0 atom stereocenters. The van der Waals surface area contributed by atoms with Gasteiger partial charge in [0.25, 0.3) is 5.91 Å². The van der Waals surface area contributed by atoms with E-state index in [1.165, 1.54) is 12.1 Å². The molecule has 0 radical (unpaired) electrons. The van der Waals surface area contributed by atoms with Gasteiger partial charge in [-0.3, -0.25) is 9.69 Å². The van der Waals surface area contributed by atoms with Gasteiger partial charge in [0, 0.05) is 5.02 Å². The molecular weight excluding hydrogens is 391 g/mol. The van der Waals surface area contributed by atoms with Gasteiger partial charge in [0.2, 0.25) is 0 Å². The Morgan fingerprint density at radius 2 is 1.84 bits per heavy atom. The maximum atomic E-state index is 12.9. The van der Waals surface area contributed by atoms with E-state index in [9.17, 15) is 18.0 Å². The lowest BCUT2D eigenvalue weighted by Crippen LogP contribution is -2.27. The van der Waals surface area contributed by atoms with Crippen molar-refractivity contribution in [2.45, 2.75) is 6.18 Å². The van der Waals surface area contributed by atoms with Crippen molar-refractivity contribution in [1.82, 2.24) is 0 Å². The van der Waals surface area contributed by atoms with E-state index < -0.39 is 17.6 Å². The van der Waals surface area contributed by atoms with Crippen LogP contribution in [0, 0.1) is 0 Å². The second-order valence-corrected chi connectivity index (χ2v) is 7.23. The first-order valence-electron chi connectivity index (χ1n) is 6.96. The predicted molar refractivity (Wildman–Crippen MR) is 98.5 cm³/mol. The quantitative estimate of drug-likeness (QED) is 0.472. The fourth-order valence-corrected chi connectivity index (χ4v) is 3.76. The number of amides is 1. The third kappa shape index (κ3) is 3.89. The fraction of sp³-hybridized carbons (Fsp3) is 0.0588. The van der Waals surface area contributed by atoms with E-state index >= 15 is 0 Å². The molecule has 2 nitrogen and oxygen atoms in total. The maximum absolute atomic E-state index is 12.9. The van der Waals surface area contributed by atoms with E-state index in [1.54, 1.807) is 30.3 Å². The molecule has 0 unspecified atom stereocenters. The molecule has 25 heavy (non-hydrogen) atoms. The number of halogens is 4. The van der Waals surface area contributed by atoms with Crippen molar-refractivity contribution in [3.8, 4) is 0 Å². The van der Waals surface area contributed by atoms with Gasteiger partial charge in [-0.15, -0.1) is 0 Å². The molecular formula is C17H9ClF3NOS2. The van der Waals surface area contributed by atoms with Gasteiger partial charge in [0.15, 0.2) is 4.32 Å². The van der Waals surface area contributed by atoms with Crippen molar-refractivity contribution in [3.63, 3.8) is 0 Å². The van der Waals surface area contributed by atoms with Gasteiger partial charge in [0.05, 0.1) is 16.2 Å². The van der Waals surface area contributed by atoms with Gasteiger partial charge in [-0.1, -0.05) is 53.8 Å². The highest BCUT2D eigenvalue weighted by Crippen LogP contribution is 2.38. The lowest BCUT2D eigenvalue weighted by Gasteiger charge is -2.16. The van der Waals surface area contributed by atoms with Crippen LogP contribution in [0.1, 0.15) is 11.1 Å². The van der Waals surface area contributed by atoms with Gasteiger partial charge >= 0.3 is 6.18 Å². The van der Waals surface area contributed by atoms with Crippen LogP contribution in [0.5, 0.6) is 0 Å². The van der Waals surface area contributed by atoms with E-state index in [1.807, 2.05) is 0 Å². The van der Waals surface area contributed by atoms with Crippen LogP contribution in [-0.4, -0.2) is 10.2 Å². The lowest BCUT2D eigenvalue weighted by molar-refractivity contribution is -0.137. The molecule has 1 amide bonds. The normalized spacial score (nSPS) is 16.8. The van der Waals surface area contributed by atoms with Gasteiger partial charge in [-0.2, -0.15) is 13.2 Å². The zero-order valence-corrected chi connectivity index (χ0v) is 14.8. The van der Waals surface area contributed by atoms with Crippen LogP contribution in [0.15, 0.2) is 53.4 Å². The van der Waals surface area contributed by atoms with E-state index in [0.29, 0.717) is 15.5 Å². The molecule has 2 aromatic carbocycles. The summed E-state index contributed by atoms with van der Waals surface area (Å²) in [7, 11) is 0. The van der Waals surface area contributed by atoms with Gasteiger partial charge < -0.3 is 0 Å². The summed E-state index contributed by atoms with van der Waals surface area (Å²) >= 11 is 12.1. The molecule has 1 aliphatic rings. The van der Waals surface area contributed by atoms with Crippen LogP contribution in [0.3, 0.4) is 0 Å². The van der Waals surface area contributed by atoms with E-state index in [0.717, 1.165) is 28.8 Å². The van der Waals surface area contributed by atoms with Crippen LogP contribution in [-0.2, 0) is 11.0 Å². The Kier molecular flexibility index (Phi) is 4.90. The molecule has 1 saturated heterocycles. The number of hydrogen-bond donors (Lipinski definition) is 0. The van der Waals surface area contributed by atoms with Crippen molar-refractivity contribution in [2.24, 2.45) is 0 Å². The van der Waals surface area contributed by atoms with Crippen LogP contribution < -0.4 is 4.90 Å². The number of carbonyl (C=O) groups is 1. The smallest absolute Gasteiger partial charge is 0.268 e. The van der Waals surface area contributed by atoms with Crippen molar-refractivity contribution in [3.05, 3.63) is 69.6 Å². The molecule has 8 heteroatoms. The largest absolute Gasteiger partial charge is 0.416 e. The van der Waals surface area contributed by atoms with Crippen molar-refractivity contribution in [1.29, 1.82) is 0 Å². The Morgan fingerprint density at radius 3 is 2.52 bits per heavy atom. The molecule has 0 aliphatic carbocycles. The molecule has 1 heterocycles. The average molecular weight is 400 g/mol. The predicted octanol–water partition coefficient (Wildman–Crippen LogP) is 5.76. The third-order valence-electron chi connectivity index (χ3n) is 3.37. The summed E-state index contributed by atoms with van der Waals surface area (Å²) in [5.74, 6) is -0.464. The minimum Gasteiger partial charge on any atom is -0.268 e. The number of thiocarbonyl (C=S) groups is 1. The number of nitrogens with zero attached hydrogens (tertiary/aromatic N) is 1. The Balaban J connectivity index is 1.95. The summed E-state index contributed by atoms with van der Waals surface area (Å²) in [6.45, 7) is 0. The highest BCUT2D eigenvalue weighted by Gasteiger charge is 2.36.